The summed E-state index contributed by atoms with van der Waals surface area (Å²) in [6.45, 7) is 1.80. The molecule has 0 spiro atoms. The lowest BCUT2D eigenvalue weighted by Gasteiger charge is -2.36. The first-order chi connectivity index (χ1) is 10.5. The third-order valence-corrected chi connectivity index (χ3v) is 5.51. The van der Waals surface area contributed by atoms with E-state index in [0.717, 1.165) is 5.69 Å². The van der Waals surface area contributed by atoms with E-state index in [4.69, 9.17) is 0 Å². The number of aromatic nitrogens is 1. The molecule has 0 bridgehead atoms. The first-order valence-electron chi connectivity index (χ1n) is 7.15. The third-order valence-electron chi connectivity index (χ3n) is 4.00. The molecule has 1 aliphatic rings. The number of halogens is 1. The highest BCUT2D eigenvalue weighted by molar-refractivity contribution is 7.89. The van der Waals surface area contributed by atoms with Crippen molar-refractivity contribution in [3.8, 4) is 0 Å². The fourth-order valence-electron chi connectivity index (χ4n) is 2.67. The molecule has 6 heteroatoms. The van der Waals surface area contributed by atoms with Gasteiger partial charge in [-0.2, -0.15) is 0 Å². The fraction of sp³-hybridized carbons (Fsp3) is 0.312. The first-order valence-corrected chi connectivity index (χ1v) is 8.63. The number of nitrogens with one attached hydrogen (secondary N) is 1. The second kappa shape index (κ2) is 5.78. The molecule has 0 aliphatic heterocycles. The molecule has 0 unspecified atom stereocenters. The van der Waals surface area contributed by atoms with Crippen molar-refractivity contribution in [1.82, 2.24) is 9.71 Å². The topological polar surface area (TPSA) is 59.1 Å². The van der Waals surface area contributed by atoms with Gasteiger partial charge in [-0.3, -0.25) is 4.98 Å². The summed E-state index contributed by atoms with van der Waals surface area (Å²) in [4.78, 5) is 4.16. The maximum absolute atomic E-state index is 13.7. The molecule has 0 radical (unpaired) electrons. The zero-order valence-corrected chi connectivity index (χ0v) is 13.0. The number of benzene rings is 1. The van der Waals surface area contributed by atoms with Crippen molar-refractivity contribution in [2.75, 3.05) is 0 Å². The van der Waals surface area contributed by atoms with Crippen LogP contribution in [0.3, 0.4) is 0 Å². The Morgan fingerprint density at radius 1 is 1.18 bits per heavy atom. The van der Waals surface area contributed by atoms with Gasteiger partial charge in [0.25, 0.3) is 0 Å². The average molecular weight is 320 g/mol. The van der Waals surface area contributed by atoms with Gasteiger partial charge in [-0.1, -0.05) is 18.2 Å². The van der Waals surface area contributed by atoms with E-state index < -0.39 is 10.0 Å². The molecule has 1 heterocycles. The van der Waals surface area contributed by atoms with Crippen molar-refractivity contribution in [3.05, 3.63) is 59.7 Å². The van der Waals surface area contributed by atoms with E-state index in [9.17, 15) is 12.8 Å². The van der Waals surface area contributed by atoms with Crippen molar-refractivity contribution < 1.29 is 12.8 Å². The Labute approximate surface area is 129 Å². The quantitative estimate of drug-likeness (QED) is 0.942. The van der Waals surface area contributed by atoms with Crippen LogP contribution >= 0.6 is 0 Å². The van der Waals surface area contributed by atoms with E-state index >= 15 is 0 Å². The minimum Gasteiger partial charge on any atom is -0.260 e. The summed E-state index contributed by atoms with van der Waals surface area (Å²) in [5.41, 5.74) is 1.43. The lowest BCUT2D eigenvalue weighted by atomic mass is 9.76. The van der Waals surface area contributed by atoms with Crippen LogP contribution in [-0.4, -0.2) is 19.4 Å². The highest BCUT2D eigenvalue weighted by atomic mass is 32.2. The van der Waals surface area contributed by atoms with Crippen LogP contribution in [0, 0.1) is 12.7 Å². The maximum atomic E-state index is 13.7. The van der Waals surface area contributed by atoms with Crippen LogP contribution in [0.1, 0.15) is 30.0 Å². The molecule has 2 aromatic rings. The van der Waals surface area contributed by atoms with E-state index in [1.807, 2.05) is 0 Å². The predicted molar refractivity (Wildman–Crippen MR) is 81.5 cm³/mol. The first kappa shape index (κ1) is 15.1. The zero-order valence-electron chi connectivity index (χ0n) is 12.2. The third kappa shape index (κ3) is 3.03. The van der Waals surface area contributed by atoms with Gasteiger partial charge in [0, 0.05) is 17.9 Å². The molecule has 4 nitrogen and oxygen atoms in total. The van der Waals surface area contributed by atoms with Crippen molar-refractivity contribution >= 4 is 10.0 Å². The van der Waals surface area contributed by atoms with Gasteiger partial charge in [-0.15, -0.1) is 0 Å². The molecule has 1 aliphatic carbocycles. The summed E-state index contributed by atoms with van der Waals surface area (Å²) in [6.07, 6.45) is 2.57. The maximum Gasteiger partial charge on any atom is 0.242 e. The zero-order chi connectivity index (χ0) is 15.7. The number of sulfonamides is 1. The Bertz CT molecular complexity index is 769. The second-order valence-corrected chi connectivity index (χ2v) is 7.36. The van der Waals surface area contributed by atoms with Crippen LogP contribution in [0.2, 0.25) is 0 Å². The van der Waals surface area contributed by atoms with Gasteiger partial charge in [-0.05, 0) is 49.4 Å². The van der Waals surface area contributed by atoms with Crippen LogP contribution in [-0.2, 0) is 10.0 Å². The van der Waals surface area contributed by atoms with Gasteiger partial charge in [0.1, 0.15) is 10.7 Å². The van der Waals surface area contributed by atoms with Crippen LogP contribution in [0.5, 0.6) is 0 Å². The fourth-order valence-corrected chi connectivity index (χ4v) is 3.88. The molecule has 116 valence electrons. The molecular weight excluding hydrogens is 303 g/mol. The largest absolute Gasteiger partial charge is 0.260 e. The van der Waals surface area contributed by atoms with Crippen molar-refractivity contribution in [2.24, 2.45) is 0 Å². The van der Waals surface area contributed by atoms with E-state index in [0.29, 0.717) is 18.4 Å². The van der Waals surface area contributed by atoms with Crippen LogP contribution in [0.4, 0.5) is 4.39 Å². The van der Waals surface area contributed by atoms with Gasteiger partial charge in [0.2, 0.25) is 10.0 Å². The van der Waals surface area contributed by atoms with Crippen LogP contribution in [0.25, 0.3) is 0 Å². The summed E-state index contributed by atoms with van der Waals surface area (Å²) in [5.74, 6) is -0.151. The molecule has 1 N–H and O–H groups in total. The van der Waals surface area contributed by atoms with Crippen LogP contribution < -0.4 is 4.72 Å². The van der Waals surface area contributed by atoms with Gasteiger partial charge in [0.15, 0.2) is 0 Å². The summed E-state index contributed by atoms with van der Waals surface area (Å²) < 4.78 is 40.8. The summed E-state index contributed by atoms with van der Waals surface area (Å²) in [5, 5.41) is 0. The Hall–Kier alpha value is -1.79. The van der Waals surface area contributed by atoms with Crippen molar-refractivity contribution in [1.29, 1.82) is 0 Å². The highest BCUT2D eigenvalue weighted by Gasteiger charge is 2.34. The number of hydrogen-bond donors (Lipinski definition) is 1. The van der Waals surface area contributed by atoms with Crippen LogP contribution in [0.15, 0.2) is 47.5 Å². The molecule has 1 fully saturated rings. The lowest BCUT2D eigenvalue weighted by molar-refractivity contribution is 0.319. The Morgan fingerprint density at radius 2 is 1.91 bits per heavy atom. The summed E-state index contributed by atoms with van der Waals surface area (Å²) in [6, 6.07) is 9.70. The molecule has 1 saturated carbocycles. The number of hydrogen-bond acceptors (Lipinski definition) is 3. The molecule has 0 amide bonds. The SMILES string of the molecule is Cc1ccc(S(=O)(=O)NC2CC(c3ccccc3F)C2)cn1. The average Bonchev–Trinajstić information content (AvgIpc) is 2.44. The lowest BCUT2D eigenvalue weighted by Crippen LogP contribution is -2.43. The highest BCUT2D eigenvalue weighted by Crippen LogP contribution is 2.38. The Kier molecular flexibility index (Phi) is 3.97. The summed E-state index contributed by atoms with van der Waals surface area (Å²) in [7, 11) is -3.56. The van der Waals surface area contributed by atoms with Crippen molar-refractivity contribution in [3.63, 3.8) is 0 Å². The molecule has 1 aromatic heterocycles. The second-order valence-electron chi connectivity index (χ2n) is 5.64. The van der Waals surface area contributed by atoms with E-state index in [1.165, 1.54) is 18.3 Å². The Balaban J connectivity index is 1.64. The number of nitrogens with zero attached hydrogens (tertiary/aromatic N) is 1. The molecular formula is C16H17FN2O2S. The van der Waals surface area contributed by atoms with E-state index in [1.54, 1.807) is 31.2 Å². The monoisotopic (exact) mass is 320 g/mol. The molecule has 22 heavy (non-hydrogen) atoms. The number of aryl methyl sites for hydroxylation is 1. The minimum atomic E-state index is -3.56. The Morgan fingerprint density at radius 3 is 2.55 bits per heavy atom. The normalized spacial score (nSPS) is 21.4. The molecule has 0 saturated heterocycles. The van der Waals surface area contributed by atoms with Gasteiger partial charge < -0.3 is 0 Å². The molecule has 1 aromatic carbocycles. The number of rotatable bonds is 4. The predicted octanol–water partition coefficient (Wildman–Crippen LogP) is 2.75. The standard InChI is InChI=1S/C16H17FN2O2S/c1-11-6-7-14(10-18-11)22(20,21)19-13-8-12(9-13)15-4-2-3-5-16(15)17/h2-7,10,12-13,19H,8-9H2,1H3. The van der Waals surface area contributed by atoms with E-state index in [2.05, 4.69) is 9.71 Å². The smallest absolute Gasteiger partial charge is 0.242 e. The van der Waals surface area contributed by atoms with Gasteiger partial charge in [0.05, 0.1) is 0 Å². The number of pyridine rings is 1. The minimum absolute atomic E-state index is 0.0741. The molecule has 0 atom stereocenters. The van der Waals surface area contributed by atoms with Crippen molar-refractivity contribution in [2.45, 2.75) is 36.6 Å². The molecule has 3 rings (SSSR count). The van der Waals surface area contributed by atoms with Gasteiger partial charge >= 0.3 is 0 Å². The summed E-state index contributed by atoms with van der Waals surface area (Å²) >= 11 is 0. The van der Waals surface area contributed by atoms with E-state index in [-0.39, 0.29) is 22.7 Å². The van der Waals surface area contributed by atoms with Gasteiger partial charge in [-0.25, -0.2) is 17.5 Å².